The highest BCUT2D eigenvalue weighted by atomic mass is 16.2. The summed E-state index contributed by atoms with van der Waals surface area (Å²) in [7, 11) is 0. The Labute approximate surface area is 116 Å². The van der Waals surface area contributed by atoms with E-state index in [9.17, 15) is 9.59 Å². The number of pyridine rings is 1. The van der Waals surface area contributed by atoms with Crippen molar-refractivity contribution in [3.63, 3.8) is 0 Å². The molecule has 3 rings (SSSR count). The van der Waals surface area contributed by atoms with Gasteiger partial charge in [0.15, 0.2) is 0 Å². The molecule has 0 fully saturated rings. The molecule has 1 atom stereocenters. The SMILES string of the molecule is Cc1ccc(C(=O)N[C@@H]2CCc3ccccc32)c(=O)[nH]1. The molecule has 102 valence electrons. The fraction of sp³-hybridized carbons (Fsp3) is 0.250. The Morgan fingerprint density at radius 3 is 2.85 bits per heavy atom. The molecule has 0 spiro atoms. The van der Waals surface area contributed by atoms with Gasteiger partial charge in [-0.3, -0.25) is 9.59 Å². The van der Waals surface area contributed by atoms with E-state index in [1.165, 1.54) is 5.56 Å². The van der Waals surface area contributed by atoms with Gasteiger partial charge >= 0.3 is 0 Å². The number of hydrogen-bond acceptors (Lipinski definition) is 2. The van der Waals surface area contributed by atoms with Gasteiger partial charge < -0.3 is 10.3 Å². The van der Waals surface area contributed by atoms with Crippen LogP contribution in [0.3, 0.4) is 0 Å². The van der Waals surface area contributed by atoms with Crippen LogP contribution in [0.25, 0.3) is 0 Å². The minimum atomic E-state index is -0.339. The minimum absolute atomic E-state index is 0.000553. The summed E-state index contributed by atoms with van der Waals surface area (Å²) in [5.41, 5.74) is 3.01. The smallest absolute Gasteiger partial charge is 0.260 e. The van der Waals surface area contributed by atoms with Gasteiger partial charge in [-0.1, -0.05) is 24.3 Å². The number of carbonyl (C=O) groups excluding carboxylic acids is 1. The van der Waals surface area contributed by atoms with Crippen molar-refractivity contribution in [3.05, 3.63) is 69.1 Å². The molecule has 0 radical (unpaired) electrons. The predicted molar refractivity (Wildman–Crippen MR) is 76.8 cm³/mol. The molecule has 4 heteroatoms. The average molecular weight is 268 g/mol. The standard InChI is InChI=1S/C16H16N2O2/c1-10-6-8-13(15(19)17-10)16(20)18-14-9-7-11-4-2-3-5-12(11)14/h2-6,8,14H,7,9H2,1H3,(H,17,19)(H,18,20)/t14-/m1/s1. The van der Waals surface area contributed by atoms with Crippen molar-refractivity contribution >= 4 is 5.91 Å². The number of amides is 1. The number of aromatic amines is 1. The molecule has 0 saturated carbocycles. The van der Waals surface area contributed by atoms with Crippen LogP contribution in [0.2, 0.25) is 0 Å². The zero-order chi connectivity index (χ0) is 14.1. The van der Waals surface area contributed by atoms with Crippen LogP contribution in [0.4, 0.5) is 0 Å². The largest absolute Gasteiger partial charge is 0.345 e. The van der Waals surface area contributed by atoms with Crippen LogP contribution in [0.1, 0.15) is 39.6 Å². The van der Waals surface area contributed by atoms with Crippen LogP contribution in [-0.2, 0) is 6.42 Å². The van der Waals surface area contributed by atoms with Crippen molar-refractivity contribution in [1.82, 2.24) is 10.3 Å². The van der Waals surface area contributed by atoms with Crippen molar-refractivity contribution in [1.29, 1.82) is 0 Å². The maximum Gasteiger partial charge on any atom is 0.260 e. The lowest BCUT2D eigenvalue weighted by Crippen LogP contribution is -2.32. The van der Waals surface area contributed by atoms with Gasteiger partial charge in [-0.05, 0) is 43.0 Å². The normalized spacial score (nSPS) is 16.8. The van der Waals surface area contributed by atoms with E-state index in [1.807, 2.05) is 18.2 Å². The van der Waals surface area contributed by atoms with Crippen LogP contribution in [0, 0.1) is 6.92 Å². The third kappa shape index (κ3) is 2.25. The molecule has 1 aromatic heterocycles. The second-order valence-corrected chi connectivity index (χ2v) is 5.15. The Morgan fingerprint density at radius 2 is 2.05 bits per heavy atom. The lowest BCUT2D eigenvalue weighted by molar-refractivity contribution is 0.0935. The summed E-state index contributed by atoms with van der Waals surface area (Å²) >= 11 is 0. The maximum absolute atomic E-state index is 12.2. The summed E-state index contributed by atoms with van der Waals surface area (Å²) in [4.78, 5) is 26.6. The molecular formula is C16H16N2O2. The third-order valence-corrected chi connectivity index (χ3v) is 3.74. The number of hydrogen-bond donors (Lipinski definition) is 2. The van der Waals surface area contributed by atoms with E-state index >= 15 is 0 Å². The highest BCUT2D eigenvalue weighted by molar-refractivity contribution is 5.94. The van der Waals surface area contributed by atoms with Gasteiger partial charge in [0.2, 0.25) is 0 Å². The molecule has 2 aromatic rings. The Kier molecular flexibility index (Phi) is 3.14. The Hall–Kier alpha value is -2.36. The Bertz CT molecular complexity index is 718. The Balaban J connectivity index is 1.82. The molecule has 1 aliphatic carbocycles. The van der Waals surface area contributed by atoms with Crippen LogP contribution in [-0.4, -0.2) is 10.9 Å². The highest BCUT2D eigenvalue weighted by Crippen LogP contribution is 2.30. The van der Waals surface area contributed by atoms with Crippen molar-refractivity contribution in [2.45, 2.75) is 25.8 Å². The van der Waals surface area contributed by atoms with E-state index in [0.717, 1.165) is 24.1 Å². The number of benzene rings is 1. The van der Waals surface area contributed by atoms with Crippen LogP contribution >= 0.6 is 0 Å². The zero-order valence-corrected chi connectivity index (χ0v) is 11.3. The van der Waals surface area contributed by atoms with Gasteiger partial charge in [-0.25, -0.2) is 0 Å². The molecule has 1 heterocycles. The van der Waals surface area contributed by atoms with E-state index in [1.54, 1.807) is 19.1 Å². The van der Waals surface area contributed by atoms with Crippen LogP contribution in [0.15, 0.2) is 41.2 Å². The summed E-state index contributed by atoms with van der Waals surface area (Å²) in [5, 5.41) is 2.95. The number of rotatable bonds is 2. The van der Waals surface area contributed by atoms with E-state index < -0.39 is 0 Å². The molecule has 1 aliphatic rings. The summed E-state index contributed by atoms with van der Waals surface area (Å²) in [6.45, 7) is 1.79. The second-order valence-electron chi connectivity index (χ2n) is 5.15. The molecule has 1 amide bonds. The van der Waals surface area contributed by atoms with Crippen LogP contribution < -0.4 is 10.9 Å². The summed E-state index contributed by atoms with van der Waals surface area (Å²) in [6, 6.07) is 11.4. The van der Waals surface area contributed by atoms with Gasteiger partial charge in [0.25, 0.3) is 11.5 Å². The summed E-state index contributed by atoms with van der Waals surface area (Å²) < 4.78 is 0. The molecule has 1 aromatic carbocycles. The van der Waals surface area contributed by atoms with Gasteiger partial charge in [0.1, 0.15) is 5.56 Å². The maximum atomic E-state index is 12.2. The molecule has 4 nitrogen and oxygen atoms in total. The van der Waals surface area contributed by atoms with E-state index in [-0.39, 0.29) is 23.1 Å². The number of nitrogens with one attached hydrogen (secondary N) is 2. The number of aryl methyl sites for hydroxylation is 2. The minimum Gasteiger partial charge on any atom is -0.345 e. The molecule has 0 aliphatic heterocycles. The lowest BCUT2D eigenvalue weighted by Gasteiger charge is -2.13. The first kappa shape index (κ1) is 12.7. The quantitative estimate of drug-likeness (QED) is 0.876. The monoisotopic (exact) mass is 268 g/mol. The first-order valence-corrected chi connectivity index (χ1v) is 6.74. The fourth-order valence-corrected chi connectivity index (χ4v) is 2.69. The second kappa shape index (κ2) is 4.96. The molecule has 0 saturated heterocycles. The molecule has 0 unspecified atom stereocenters. The number of carbonyl (C=O) groups is 1. The average Bonchev–Trinajstić information content (AvgIpc) is 2.82. The van der Waals surface area contributed by atoms with Crippen molar-refractivity contribution in [2.75, 3.05) is 0 Å². The lowest BCUT2D eigenvalue weighted by atomic mass is 10.1. The summed E-state index contributed by atoms with van der Waals surface area (Å²) in [5.74, 6) is -0.312. The first-order valence-electron chi connectivity index (χ1n) is 6.74. The van der Waals surface area contributed by atoms with Crippen molar-refractivity contribution in [2.24, 2.45) is 0 Å². The van der Waals surface area contributed by atoms with E-state index in [0.29, 0.717) is 0 Å². The van der Waals surface area contributed by atoms with Crippen molar-refractivity contribution < 1.29 is 4.79 Å². The molecule has 20 heavy (non-hydrogen) atoms. The number of aromatic nitrogens is 1. The van der Waals surface area contributed by atoms with Gasteiger partial charge in [0.05, 0.1) is 6.04 Å². The summed E-state index contributed by atoms with van der Waals surface area (Å²) in [6.07, 6.45) is 1.85. The van der Waals surface area contributed by atoms with Gasteiger partial charge in [0, 0.05) is 5.69 Å². The fourth-order valence-electron chi connectivity index (χ4n) is 2.69. The van der Waals surface area contributed by atoms with E-state index in [4.69, 9.17) is 0 Å². The third-order valence-electron chi connectivity index (χ3n) is 3.74. The van der Waals surface area contributed by atoms with Gasteiger partial charge in [-0.2, -0.15) is 0 Å². The number of H-pyrrole nitrogens is 1. The van der Waals surface area contributed by atoms with Gasteiger partial charge in [-0.15, -0.1) is 0 Å². The van der Waals surface area contributed by atoms with Crippen molar-refractivity contribution in [3.8, 4) is 0 Å². The molecule has 2 N–H and O–H groups in total. The zero-order valence-electron chi connectivity index (χ0n) is 11.3. The topological polar surface area (TPSA) is 62.0 Å². The predicted octanol–water partition coefficient (Wildman–Crippen LogP) is 2.10. The first-order chi connectivity index (χ1) is 9.65. The Morgan fingerprint density at radius 1 is 1.25 bits per heavy atom. The van der Waals surface area contributed by atoms with E-state index in [2.05, 4.69) is 16.4 Å². The number of fused-ring (bicyclic) bond motifs is 1. The van der Waals surface area contributed by atoms with Crippen LogP contribution in [0.5, 0.6) is 0 Å². The highest BCUT2D eigenvalue weighted by Gasteiger charge is 2.24. The molecule has 0 bridgehead atoms. The molecular weight excluding hydrogens is 252 g/mol.